The van der Waals surface area contributed by atoms with Crippen LogP contribution in [0.1, 0.15) is 19.3 Å². The Balaban J connectivity index is 1.61. The lowest BCUT2D eigenvalue weighted by Crippen LogP contribution is -2.40. The van der Waals surface area contributed by atoms with Crippen molar-refractivity contribution >= 4 is 38.9 Å². The van der Waals surface area contributed by atoms with Crippen LogP contribution in [0, 0.1) is 5.92 Å². The first kappa shape index (κ1) is 16.5. The third kappa shape index (κ3) is 4.35. The van der Waals surface area contributed by atoms with E-state index in [2.05, 4.69) is 20.9 Å². The van der Waals surface area contributed by atoms with Gasteiger partial charge in [0.1, 0.15) is 6.04 Å². The van der Waals surface area contributed by atoms with E-state index in [9.17, 15) is 13.2 Å². The Kier molecular flexibility index (Phi) is 4.50. The topological polar surface area (TPSA) is 99.3 Å². The zero-order chi connectivity index (χ0) is 16.6. The molecule has 0 radical (unpaired) electrons. The summed E-state index contributed by atoms with van der Waals surface area (Å²) in [7, 11) is -3.40. The molecular formula is C14H19ClN4O3S. The molecule has 23 heavy (non-hydrogen) atoms. The van der Waals surface area contributed by atoms with Crippen LogP contribution in [0.3, 0.4) is 0 Å². The molecule has 1 saturated carbocycles. The van der Waals surface area contributed by atoms with Crippen LogP contribution < -0.4 is 20.9 Å². The van der Waals surface area contributed by atoms with E-state index in [0.717, 1.165) is 12.7 Å². The Labute approximate surface area is 140 Å². The number of halogens is 1. The van der Waals surface area contributed by atoms with Gasteiger partial charge in [-0.2, -0.15) is 0 Å². The third-order valence-electron chi connectivity index (χ3n) is 3.97. The molecule has 1 amide bonds. The van der Waals surface area contributed by atoms with E-state index in [1.54, 1.807) is 6.07 Å². The van der Waals surface area contributed by atoms with Crippen molar-refractivity contribution in [2.24, 2.45) is 5.92 Å². The lowest BCUT2D eigenvalue weighted by molar-refractivity contribution is -0.117. The number of nitrogens with one attached hydrogen (secondary N) is 4. The van der Waals surface area contributed by atoms with E-state index in [1.165, 1.54) is 25.0 Å². The van der Waals surface area contributed by atoms with Gasteiger partial charge >= 0.3 is 0 Å². The molecule has 3 rings (SSSR count). The molecular weight excluding hydrogens is 340 g/mol. The fourth-order valence-electron chi connectivity index (χ4n) is 2.67. The summed E-state index contributed by atoms with van der Waals surface area (Å²) in [5, 5.41) is 3.02. The molecule has 9 heteroatoms. The predicted octanol–water partition coefficient (Wildman–Crippen LogP) is 1.30. The Morgan fingerprint density at radius 2 is 2.04 bits per heavy atom. The number of hydrogen-bond donors (Lipinski definition) is 4. The first-order valence-corrected chi connectivity index (χ1v) is 9.68. The van der Waals surface area contributed by atoms with E-state index < -0.39 is 10.0 Å². The van der Waals surface area contributed by atoms with Gasteiger partial charge in [-0.25, -0.2) is 13.8 Å². The van der Waals surface area contributed by atoms with Crippen molar-refractivity contribution in [1.29, 1.82) is 0 Å². The first-order valence-electron chi connectivity index (χ1n) is 7.41. The minimum atomic E-state index is -3.40. The van der Waals surface area contributed by atoms with Crippen LogP contribution in [0.15, 0.2) is 18.2 Å². The monoisotopic (exact) mass is 358 g/mol. The number of amides is 1. The zero-order valence-corrected chi connectivity index (χ0v) is 14.2. The number of hydrogen-bond acceptors (Lipinski definition) is 5. The zero-order valence-electron chi connectivity index (χ0n) is 12.6. The van der Waals surface area contributed by atoms with Gasteiger partial charge in [0.15, 0.2) is 0 Å². The second kappa shape index (κ2) is 6.27. The highest BCUT2D eigenvalue weighted by Crippen LogP contribution is 2.35. The van der Waals surface area contributed by atoms with Gasteiger partial charge < -0.3 is 5.32 Å². The summed E-state index contributed by atoms with van der Waals surface area (Å²) in [6.45, 7) is 0. The minimum Gasteiger partial charge on any atom is -0.325 e. The first-order chi connectivity index (χ1) is 10.8. The maximum absolute atomic E-state index is 12.3. The van der Waals surface area contributed by atoms with Gasteiger partial charge in [0.05, 0.1) is 17.0 Å². The molecule has 1 heterocycles. The highest BCUT2D eigenvalue weighted by Gasteiger charge is 2.38. The second-order valence-corrected chi connectivity index (χ2v) is 8.23. The fraction of sp³-hybridized carbons (Fsp3) is 0.500. The van der Waals surface area contributed by atoms with Crippen LogP contribution in [-0.2, 0) is 14.8 Å². The van der Waals surface area contributed by atoms with Crippen molar-refractivity contribution in [3.8, 4) is 0 Å². The van der Waals surface area contributed by atoms with Crippen LogP contribution in [0.5, 0.6) is 0 Å². The summed E-state index contributed by atoms with van der Waals surface area (Å²) in [5.41, 5.74) is 6.99. The molecule has 1 aliphatic heterocycles. The Hall–Kier alpha value is -1.35. The van der Waals surface area contributed by atoms with E-state index in [-0.39, 0.29) is 22.7 Å². The Bertz CT molecular complexity index is 721. The van der Waals surface area contributed by atoms with E-state index >= 15 is 0 Å². The van der Waals surface area contributed by atoms with E-state index in [4.69, 9.17) is 11.6 Å². The summed E-state index contributed by atoms with van der Waals surface area (Å²) >= 11 is 6.05. The molecule has 2 fully saturated rings. The summed E-state index contributed by atoms with van der Waals surface area (Å²) in [4.78, 5) is 12.3. The van der Waals surface area contributed by atoms with Crippen molar-refractivity contribution in [3.63, 3.8) is 0 Å². The summed E-state index contributed by atoms with van der Waals surface area (Å²) in [6, 6.07) is 4.72. The Morgan fingerprint density at radius 3 is 2.65 bits per heavy atom. The van der Waals surface area contributed by atoms with Crippen molar-refractivity contribution < 1.29 is 13.2 Å². The fourth-order valence-corrected chi connectivity index (χ4v) is 3.53. The summed E-state index contributed by atoms with van der Waals surface area (Å²) in [5.74, 6) is 0.539. The van der Waals surface area contributed by atoms with Gasteiger partial charge in [0, 0.05) is 11.7 Å². The van der Waals surface area contributed by atoms with E-state index in [0.29, 0.717) is 17.6 Å². The lowest BCUT2D eigenvalue weighted by Gasteiger charge is -2.12. The normalized spacial score (nSPS) is 24.4. The van der Waals surface area contributed by atoms with Crippen LogP contribution in [0.4, 0.5) is 11.4 Å². The maximum atomic E-state index is 12.3. The molecule has 2 aliphatic rings. The van der Waals surface area contributed by atoms with Crippen LogP contribution in [0.25, 0.3) is 0 Å². The highest BCUT2D eigenvalue weighted by molar-refractivity contribution is 7.92. The number of anilines is 2. The predicted molar refractivity (Wildman–Crippen MR) is 89.7 cm³/mol. The summed E-state index contributed by atoms with van der Waals surface area (Å²) < 4.78 is 24.8. The average Bonchev–Trinajstić information content (AvgIpc) is 3.18. The van der Waals surface area contributed by atoms with Crippen LogP contribution in [-0.4, -0.2) is 32.7 Å². The molecule has 1 aliphatic carbocycles. The van der Waals surface area contributed by atoms with Gasteiger partial charge in [-0.15, -0.1) is 0 Å². The maximum Gasteiger partial charge on any atom is 0.242 e. The van der Waals surface area contributed by atoms with Gasteiger partial charge in [-0.1, -0.05) is 11.6 Å². The van der Waals surface area contributed by atoms with Gasteiger partial charge in [0.25, 0.3) is 0 Å². The molecule has 1 aromatic carbocycles. The SMILES string of the molecule is CS(=O)(=O)Nc1ccc(NC(=O)C2CC(C3CC3)NN2)cc1Cl. The molecule has 0 bridgehead atoms. The third-order valence-corrected chi connectivity index (χ3v) is 4.88. The summed E-state index contributed by atoms with van der Waals surface area (Å²) in [6.07, 6.45) is 4.25. The molecule has 1 saturated heterocycles. The van der Waals surface area contributed by atoms with Gasteiger partial charge in [0.2, 0.25) is 15.9 Å². The van der Waals surface area contributed by atoms with Crippen molar-refractivity contribution in [2.75, 3.05) is 16.3 Å². The standard InChI is InChI=1S/C14H19ClN4O3S/c1-23(21,22)19-11-5-4-9(6-10(11)15)16-14(20)13-7-12(17-18-13)8-2-3-8/h4-6,8,12-13,17-19H,2-3,7H2,1H3,(H,16,20). The number of sulfonamides is 1. The number of benzene rings is 1. The number of carbonyl (C=O) groups excluding carboxylic acids is 1. The molecule has 0 spiro atoms. The second-order valence-electron chi connectivity index (χ2n) is 6.08. The van der Waals surface area contributed by atoms with Crippen LogP contribution in [0.2, 0.25) is 5.02 Å². The van der Waals surface area contributed by atoms with Crippen molar-refractivity contribution in [3.05, 3.63) is 23.2 Å². The number of carbonyl (C=O) groups is 1. The Morgan fingerprint density at radius 1 is 1.30 bits per heavy atom. The quantitative estimate of drug-likeness (QED) is 0.635. The van der Waals surface area contributed by atoms with Crippen molar-refractivity contribution in [1.82, 2.24) is 10.9 Å². The molecule has 7 nitrogen and oxygen atoms in total. The van der Waals surface area contributed by atoms with E-state index in [1.807, 2.05) is 0 Å². The molecule has 1 aromatic rings. The number of rotatable bonds is 5. The average molecular weight is 359 g/mol. The highest BCUT2D eigenvalue weighted by atomic mass is 35.5. The smallest absolute Gasteiger partial charge is 0.242 e. The molecule has 4 N–H and O–H groups in total. The largest absolute Gasteiger partial charge is 0.325 e. The molecule has 2 unspecified atom stereocenters. The van der Waals surface area contributed by atoms with Crippen LogP contribution >= 0.6 is 11.6 Å². The molecule has 126 valence electrons. The molecule has 2 atom stereocenters. The molecule has 0 aromatic heterocycles. The minimum absolute atomic E-state index is 0.138. The van der Waals surface area contributed by atoms with Gasteiger partial charge in [-0.3, -0.25) is 14.9 Å². The van der Waals surface area contributed by atoms with Gasteiger partial charge in [-0.05, 0) is 43.4 Å². The number of hydrazine groups is 1. The lowest BCUT2D eigenvalue weighted by atomic mass is 10.1. The van der Waals surface area contributed by atoms with Crippen molar-refractivity contribution in [2.45, 2.75) is 31.3 Å².